The van der Waals surface area contributed by atoms with E-state index in [1.807, 2.05) is 12.1 Å². The first-order chi connectivity index (χ1) is 16.6. The summed E-state index contributed by atoms with van der Waals surface area (Å²) in [5.74, 6) is -0.134. The van der Waals surface area contributed by atoms with Crippen molar-refractivity contribution in [1.82, 2.24) is 10.3 Å². The topological polar surface area (TPSA) is 117 Å². The minimum absolute atomic E-state index is 0.173. The molecule has 3 aromatic rings. The standard InChI is InChI=1S/C25H24N4O4S/c26-13-21-20-5-3-19(16-33-25(31)28-10-7-17-2-1-9-27-14-17)12-22(20)34-24(21)29-23(30)6-4-18-8-11-32-15-18/h1-2,4,6,8-9,11,14-15,19H,3,5,7,10,12,16H2,(H,28,31)(H,29,30). The zero-order chi connectivity index (χ0) is 23.8. The molecule has 3 aromatic heterocycles. The Kier molecular flexibility index (Phi) is 7.73. The Morgan fingerprint density at radius 2 is 2.29 bits per heavy atom. The highest BCUT2D eigenvalue weighted by atomic mass is 32.1. The third kappa shape index (κ3) is 6.11. The highest BCUT2D eigenvalue weighted by Gasteiger charge is 2.27. The number of pyridine rings is 1. The molecule has 4 rings (SSSR count). The second-order valence-corrected chi connectivity index (χ2v) is 9.05. The second-order valence-electron chi connectivity index (χ2n) is 7.94. The molecule has 8 nitrogen and oxygen atoms in total. The van der Waals surface area contributed by atoms with Crippen LogP contribution >= 0.6 is 11.3 Å². The van der Waals surface area contributed by atoms with Crippen molar-refractivity contribution in [1.29, 1.82) is 5.26 Å². The van der Waals surface area contributed by atoms with E-state index in [4.69, 9.17) is 9.15 Å². The maximum Gasteiger partial charge on any atom is 0.407 e. The van der Waals surface area contributed by atoms with Gasteiger partial charge in [0.2, 0.25) is 5.91 Å². The molecule has 9 heteroatoms. The summed E-state index contributed by atoms with van der Waals surface area (Å²) in [5.41, 5.74) is 3.34. The summed E-state index contributed by atoms with van der Waals surface area (Å²) in [6, 6.07) is 7.81. The lowest BCUT2D eigenvalue weighted by molar-refractivity contribution is -0.111. The largest absolute Gasteiger partial charge is 0.472 e. The van der Waals surface area contributed by atoms with Crippen LogP contribution in [0.5, 0.6) is 0 Å². The molecule has 1 aliphatic rings. The van der Waals surface area contributed by atoms with Crippen molar-refractivity contribution < 1.29 is 18.7 Å². The van der Waals surface area contributed by atoms with E-state index in [1.54, 1.807) is 24.5 Å². The maximum atomic E-state index is 12.3. The van der Waals surface area contributed by atoms with Gasteiger partial charge in [-0.05, 0) is 60.9 Å². The zero-order valence-corrected chi connectivity index (χ0v) is 19.3. The van der Waals surface area contributed by atoms with Gasteiger partial charge in [-0.2, -0.15) is 5.26 Å². The molecule has 174 valence electrons. The molecule has 0 radical (unpaired) electrons. The first-order valence-corrected chi connectivity index (χ1v) is 11.8. The summed E-state index contributed by atoms with van der Waals surface area (Å²) in [7, 11) is 0. The Balaban J connectivity index is 1.27. The summed E-state index contributed by atoms with van der Waals surface area (Å²) >= 11 is 1.42. The van der Waals surface area contributed by atoms with E-state index in [2.05, 4.69) is 21.7 Å². The van der Waals surface area contributed by atoms with E-state index < -0.39 is 6.09 Å². The van der Waals surface area contributed by atoms with Crippen molar-refractivity contribution in [3.8, 4) is 6.07 Å². The van der Waals surface area contributed by atoms with E-state index in [0.717, 1.165) is 28.0 Å². The van der Waals surface area contributed by atoms with Crippen molar-refractivity contribution in [2.75, 3.05) is 18.5 Å². The molecule has 0 saturated heterocycles. The molecular weight excluding hydrogens is 452 g/mol. The summed E-state index contributed by atoms with van der Waals surface area (Å²) in [6.45, 7) is 0.793. The van der Waals surface area contributed by atoms with Crippen LogP contribution in [0.2, 0.25) is 0 Å². The van der Waals surface area contributed by atoms with Crippen molar-refractivity contribution >= 4 is 34.4 Å². The van der Waals surface area contributed by atoms with Gasteiger partial charge in [0.1, 0.15) is 11.1 Å². The van der Waals surface area contributed by atoms with Gasteiger partial charge in [-0.15, -0.1) is 11.3 Å². The number of ether oxygens (including phenoxy) is 1. The van der Waals surface area contributed by atoms with Gasteiger partial charge in [0.15, 0.2) is 0 Å². The molecule has 0 spiro atoms. The number of nitrogens with zero attached hydrogens (tertiary/aromatic N) is 2. The number of rotatable bonds is 8. The van der Waals surface area contributed by atoms with Gasteiger partial charge in [-0.3, -0.25) is 9.78 Å². The predicted octanol–water partition coefficient (Wildman–Crippen LogP) is 4.33. The van der Waals surface area contributed by atoms with E-state index >= 15 is 0 Å². The summed E-state index contributed by atoms with van der Waals surface area (Å²) < 4.78 is 10.4. The normalized spacial score (nSPS) is 14.9. The Bertz CT molecular complexity index is 1200. The molecule has 1 aliphatic carbocycles. The predicted molar refractivity (Wildman–Crippen MR) is 128 cm³/mol. The maximum absolute atomic E-state index is 12.3. The second kappa shape index (κ2) is 11.3. The van der Waals surface area contributed by atoms with Gasteiger partial charge < -0.3 is 19.8 Å². The summed E-state index contributed by atoms with van der Waals surface area (Å²) in [5, 5.41) is 15.8. The number of nitrogens with one attached hydrogen (secondary N) is 2. The quantitative estimate of drug-likeness (QED) is 0.467. The van der Waals surface area contributed by atoms with Crippen LogP contribution in [0.15, 0.2) is 53.6 Å². The third-order valence-electron chi connectivity index (χ3n) is 5.54. The van der Waals surface area contributed by atoms with Crippen LogP contribution < -0.4 is 10.6 Å². The van der Waals surface area contributed by atoms with Gasteiger partial charge in [0.05, 0.1) is 24.7 Å². The van der Waals surface area contributed by atoms with Crippen LogP contribution in [-0.4, -0.2) is 30.1 Å². The van der Waals surface area contributed by atoms with Gasteiger partial charge in [-0.1, -0.05) is 6.07 Å². The minimum atomic E-state index is -0.434. The Morgan fingerprint density at radius 3 is 3.06 bits per heavy atom. The lowest BCUT2D eigenvalue weighted by atomic mass is 9.88. The van der Waals surface area contributed by atoms with E-state index in [0.29, 0.717) is 43.0 Å². The number of nitriles is 1. The number of carbonyl (C=O) groups excluding carboxylic acids is 2. The van der Waals surface area contributed by atoms with Gasteiger partial charge in [0.25, 0.3) is 0 Å². The lowest BCUT2D eigenvalue weighted by Gasteiger charge is -2.21. The SMILES string of the molecule is N#Cc1c(NC(=O)C=Cc2ccoc2)sc2c1CCC(COC(=O)NCCc1cccnc1)C2. The highest BCUT2D eigenvalue weighted by Crippen LogP contribution is 2.39. The van der Waals surface area contributed by atoms with Crippen LogP contribution in [0.3, 0.4) is 0 Å². The molecule has 0 saturated carbocycles. The van der Waals surface area contributed by atoms with Crippen LogP contribution in [0, 0.1) is 17.2 Å². The number of alkyl carbamates (subject to hydrolysis) is 1. The molecule has 2 amide bonds. The summed E-state index contributed by atoms with van der Waals surface area (Å²) in [4.78, 5) is 29.5. The molecule has 0 fully saturated rings. The number of thiophene rings is 1. The van der Waals surface area contributed by atoms with Crippen LogP contribution in [-0.2, 0) is 28.8 Å². The molecule has 0 bridgehead atoms. The molecule has 1 unspecified atom stereocenters. The molecule has 3 heterocycles. The molecule has 34 heavy (non-hydrogen) atoms. The molecule has 1 atom stereocenters. The fourth-order valence-corrected chi connectivity index (χ4v) is 5.11. The van der Waals surface area contributed by atoms with Gasteiger partial charge in [0, 0.05) is 35.5 Å². The average Bonchev–Trinajstić information content (AvgIpc) is 3.49. The van der Waals surface area contributed by atoms with E-state index in [1.165, 1.54) is 29.9 Å². The number of anilines is 1. The fraction of sp³-hybridized carbons (Fsp3) is 0.280. The monoisotopic (exact) mass is 476 g/mol. The Labute approximate surface area is 201 Å². The fourth-order valence-electron chi connectivity index (χ4n) is 3.80. The number of carbonyl (C=O) groups is 2. The van der Waals surface area contributed by atoms with Crippen LogP contribution in [0.4, 0.5) is 9.80 Å². The molecule has 0 aliphatic heterocycles. The van der Waals surface area contributed by atoms with Crippen molar-refractivity contribution in [3.05, 3.63) is 76.3 Å². The van der Waals surface area contributed by atoms with Gasteiger partial charge >= 0.3 is 6.09 Å². The highest BCUT2D eigenvalue weighted by molar-refractivity contribution is 7.16. The molecule has 2 N–H and O–H groups in total. The van der Waals surface area contributed by atoms with E-state index in [9.17, 15) is 14.9 Å². The minimum Gasteiger partial charge on any atom is -0.472 e. The van der Waals surface area contributed by atoms with Crippen molar-refractivity contribution in [3.63, 3.8) is 0 Å². The summed E-state index contributed by atoms with van der Waals surface area (Å²) in [6.07, 6.45) is 12.1. The number of amides is 2. The van der Waals surface area contributed by atoms with Crippen molar-refractivity contribution in [2.45, 2.75) is 25.7 Å². The average molecular weight is 477 g/mol. The first kappa shape index (κ1) is 23.3. The first-order valence-electron chi connectivity index (χ1n) is 11.0. The van der Waals surface area contributed by atoms with Crippen molar-refractivity contribution in [2.24, 2.45) is 5.92 Å². The Hall–Kier alpha value is -3.90. The van der Waals surface area contributed by atoms with Crippen LogP contribution in [0.25, 0.3) is 6.08 Å². The smallest absolute Gasteiger partial charge is 0.407 e. The lowest BCUT2D eigenvalue weighted by Crippen LogP contribution is -2.29. The number of fused-ring (bicyclic) bond motifs is 1. The number of aromatic nitrogens is 1. The number of furan rings is 1. The van der Waals surface area contributed by atoms with E-state index in [-0.39, 0.29) is 11.8 Å². The number of hydrogen-bond donors (Lipinski definition) is 2. The Morgan fingerprint density at radius 1 is 1.38 bits per heavy atom. The van der Waals surface area contributed by atoms with Gasteiger partial charge in [-0.25, -0.2) is 4.79 Å². The molecule has 0 aromatic carbocycles. The third-order valence-corrected chi connectivity index (χ3v) is 6.71. The number of hydrogen-bond acceptors (Lipinski definition) is 7. The zero-order valence-electron chi connectivity index (χ0n) is 18.5. The molecular formula is C25H24N4O4S. The van der Waals surface area contributed by atoms with Crippen LogP contribution in [0.1, 0.15) is 33.6 Å².